The molecule has 1 rings (SSSR count). The highest BCUT2D eigenvalue weighted by Gasteiger charge is 2.11. The fraction of sp³-hybridized carbons (Fsp3) is 1.00. The van der Waals surface area contributed by atoms with E-state index in [1.807, 2.05) is 0 Å². The van der Waals surface area contributed by atoms with E-state index in [2.05, 4.69) is 10.5 Å². The molecule has 0 atom stereocenters. The standard InChI is InChI=1S/C5H9OSi/c7-6-5-3-1-2-4-5/h5H,1-4H2. The molecule has 39 valence electrons. The van der Waals surface area contributed by atoms with Crippen LogP contribution in [0.4, 0.5) is 0 Å². The van der Waals surface area contributed by atoms with Crippen LogP contribution in [-0.4, -0.2) is 16.6 Å². The molecule has 0 heterocycles. The fourth-order valence-corrected chi connectivity index (χ4v) is 1.24. The molecule has 3 radical (unpaired) electrons. The largest absolute Gasteiger partial charge is 0.416 e. The first-order valence-corrected chi connectivity index (χ1v) is 3.16. The SMILES string of the molecule is [Si]OC1CCCC1. The summed E-state index contributed by atoms with van der Waals surface area (Å²) < 4.78 is 4.92. The van der Waals surface area contributed by atoms with Crippen molar-refractivity contribution in [3.63, 3.8) is 0 Å². The molecule has 1 aliphatic rings. The van der Waals surface area contributed by atoms with E-state index in [0.29, 0.717) is 6.10 Å². The third-order valence-corrected chi connectivity index (χ3v) is 1.80. The third-order valence-electron chi connectivity index (χ3n) is 1.47. The van der Waals surface area contributed by atoms with Crippen LogP contribution in [0.25, 0.3) is 0 Å². The van der Waals surface area contributed by atoms with Gasteiger partial charge in [-0.05, 0) is 12.8 Å². The predicted octanol–water partition coefficient (Wildman–Crippen LogP) is 1.03. The van der Waals surface area contributed by atoms with Crippen molar-refractivity contribution in [2.45, 2.75) is 31.8 Å². The molecule has 7 heavy (non-hydrogen) atoms. The molecule has 1 fully saturated rings. The maximum absolute atomic E-state index is 4.92. The minimum Gasteiger partial charge on any atom is -0.416 e. The minimum atomic E-state index is 0.511. The zero-order chi connectivity index (χ0) is 5.11. The monoisotopic (exact) mass is 113 g/mol. The van der Waals surface area contributed by atoms with Crippen molar-refractivity contribution in [3.05, 3.63) is 0 Å². The van der Waals surface area contributed by atoms with E-state index in [0.717, 1.165) is 0 Å². The highest BCUT2D eigenvalue weighted by Crippen LogP contribution is 2.19. The van der Waals surface area contributed by atoms with Crippen molar-refractivity contribution in [2.24, 2.45) is 0 Å². The van der Waals surface area contributed by atoms with Crippen molar-refractivity contribution in [3.8, 4) is 0 Å². The normalized spacial score (nSPS) is 23.6. The first-order chi connectivity index (χ1) is 3.43. The summed E-state index contributed by atoms with van der Waals surface area (Å²) in [4.78, 5) is 0. The maximum atomic E-state index is 4.92. The Morgan fingerprint density at radius 3 is 2.14 bits per heavy atom. The predicted molar refractivity (Wildman–Crippen MR) is 29.1 cm³/mol. The lowest BCUT2D eigenvalue weighted by molar-refractivity contribution is 0.231. The second-order valence-electron chi connectivity index (χ2n) is 2.02. The number of rotatable bonds is 1. The van der Waals surface area contributed by atoms with Gasteiger partial charge in [-0.1, -0.05) is 12.8 Å². The summed E-state index contributed by atoms with van der Waals surface area (Å²) in [5.41, 5.74) is 0. The Morgan fingerprint density at radius 1 is 1.29 bits per heavy atom. The molecule has 1 aliphatic carbocycles. The van der Waals surface area contributed by atoms with Gasteiger partial charge in [-0.25, -0.2) is 0 Å². The Hall–Kier alpha value is 0.177. The molecule has 0 spiro atoms. The maximum Gasteiger partial charge on any atom is 0.246 e. The summed E-state index contributed by atoms with van der Waals surface area (Å²) in [7, 11) is 3.02. The van der Waals surface area contributed by atoms with Crippen molar-refractivity contribution in [1.29, 1.82) is 0 Å². The van der Waals surface area contributed by atoms with Gasteiger partial charge in [-0.15, -0.1) is 0 Å². The summed E-state index contributed by atoms with van der Waals surface area (Å²) in [5.74, 6) is 0. The third kappa shape index (κ3) is 1.28. The molecule has 0 aromatic heterocycles. The van der Waals surface area contributed by atoms with Gasteiger partial charge in [0.15, 0.2) is 0 Å². The fourth-order valence-electron chi connectivity index (χ4n) is 1.01. The van der Waals surface area contributed by atoms with E-state index < -0.39 is 0 Å². The van der Waals surface area contributed by atoms with Crippen LogP contribution >= 0.6 is 0 Å². The second kappa shape index (κ2) is 2.48. The van der Waals surface area contributed by atoms with Crippen LogP contribution in [0.1, 0.15) is 25.7 Å². The van der Waals surface area contributed by atoms with E-state index in [4.69, 9.17) is 4.43 Å². The molecule has 0 unspecified atom stereocenters. The topological polar surface area (TPSA) is 9.23 Å². The van der Waals surface area contributed by atoms with Crippen molar-refractivity contribution < 1.29 is 4.43 Å². The van der Waals surface area contributed by atoms with Gasteiger partial charge in [0.1, 0.15) is 0 Å². The molecule has 0 aromatic carbocycles. The van der Waals surface area contributed by atoms with Gasteiger partial charge in [0, 0.05) is 6.10 Å². The van der Waals surface area contributed by atoms with Crippen LogP contribution in [0.2, 0.25) is 0 Å². The van der Waals surface area contributed by atoms with Gasteiger partial charge < -0.3 is 4.43 Å². The van der Waals surface area contributed by atoms with E-state index in [1.165, 1.54) is 25.7 Å². The second-order valence-corrected chi connectivity index (χ2v) is 2.26. The summed E-state index contributed by atoms with van der Waals surface area (Å²) in [6.07, 6.45) is 5.67. The summed E-state index contributed by atoms with van der Waals surface area (Å²) in [5, 5.41) is 0. The molecule has 0 aliphatic heterocycles. The molecule has 2 heteroatoms. The lowest BCUT2D eigenvalue weighted by Crippen LogP contribution is -2.02. The van der Waals surface area contributed by atoms with Crippen LogP contribution in [0.5, 0.6) is 0 Å². The van der Waals surface area contributed by atoms with Crippen molar-refractivity contribution in [2.75, 3.05) is 0 Å². The Kier molecular flexibility index (Phi) is 1.88. The molecule has 0 N–H and O–H groups in total. The van der Waals surface area contributed by atoms with Crippen LogP contribution in [0, 0.1) is 0 Å². The van der Waals surface area contributed by atoms with Crippen LogP contribution in [0.15, 0.2) is 0 Å². The zero-order valence-corrected chi connectivity index (χ0v) is 5.31. The molecular formula is C5H9OSi. The lowest BCUT2D eigenvalue weighted by atomic mass is 10.3. The minimum absolute atomic E-state index is 0.511. The van der Waals surface area contributed by atoms with Gasteiger partial charge in [-0.3, -0.25) is 0 Å². The Morgan fingerprint density at radius 2 is 1.86 bits per heavy atom. The van der Waals surface area contributed by atoms with Crippen LogP contribution in [-0.2, 0) is 4.43 Å². The van der Waals surface area contributed by atoms with Gasteiger partial charge in [-0.2, -0.15) is 0 Å². The van der Waals surface area contributed by atoms with Crippen LogP contribution in [0.3, 0.4) is 0 Å². The van der Waals surface area contributed by atoms with E-state index in [9.17, 15) is 0 Å². The molecule has 0 bridgehead atoms. The first-order valence-electron chi connectivity index (χ1n) is 2.76. The molecule has 1 nitrogen and oxygen atoms in total. The molecular weight excluding hydrogens is 104 g/mol. The average Bonchev–Trinajstić information content (AvgIpc) is 2.14. The Balaban J connectivity index is 2.14. The van der Waals surface area contributed by atoms with E-state index in [1.54, 1.807) is 0 Å². The summed E-state index contributed by atoms with van der Waals surface area (Å²) >= 11 is 0. The Bertz CT molecular complexity index is 50.0. The van der Waals surface area contributed by atoms with Crippen LogP contribution < -0.4 is 0 Å². The summed E-state index contributed by atoms with van der Waals surface area (Å²) in [6, 6.07) is 0. The lowest BCUT2D eigenvalue weighted by Gasteiger charge is -2.02. The van der Waals surface area contributed by atoms with Gasteiger partial charge in [0.25, 0.3) is 0 Å². The van der Waals surface area contributed by atoms with Crippen molar-refractivity contribution >= 4 is 10.5 Å². The average molecular weight is 113 g/mol. The quantitative estimate of drug-likeness (QED) is 0.461. The van der Waals surface area contributed by atoms with Gasteiger partial charge in [0.2, 0.25) is 10.5 Å². The zero-order valence-electron chi connectivity index (χ0n) is 4.31. The summed E-state index contributed by atoms with van der Waals surface area (Å²) in [6.45, 7) is 0. The van der Waals surface area contributed by atoms with E-state index >= 15 is 0 Å². The first kappa shape index (κ1) is 5.32. The molecule has 0 aromatic rings. The molecule has 1 saturated carbocycles. The Labute approximate surface area is 47.6 Å². The van der Waals surface area contributed by atoms with Crippen molar-refractivity contribution in [1.82, 2.24) is 0 Å². The highest BCUT2D eigenvalue weighted by molar-refractivity contribution is 5.98. The highest BCUT2D eigenvalue weighted by atomic mass is 28.2. The number of hydrogen-bond acceptors (Lipinski definition) is 1. The van der Waals surface area contributed by atoms with Gasteiger partial charge in [0.05, 0.1) is 0 Å². The molecule has 0 amide bonds. The van der Waals surface area contributed by atoms with Gasteiger partial charge >= 0.3 is 0 Å². The smallest absolute Gasteiger partial charge is 0.246 e. The number of hydrogen-bond donors (Lipinski definition) is 0. The molecule has 0 saturated heterocycles. The van der Waals surface area contributed by atoms with E-state index in [-0.39, 0.29) is 0 Å².